The molecular formula is C23H26ClN5O. The molecule has 156 valence electrons. The van der Waals surface area contributed by atoms with Crippen LogP contribution in [0, 0.1) is 0 Å². The quantitative estimate of drug-likeness (QED) is 0.611. The van der Waals surface area contributed by atoms with Crippen LogP contribution in [0.5, 0.6) is 0 Å². The first-order valence-corrected chi connectivity index (χ1v) is 11.2. The Kier molecular flexibility index (Phi) is 4.15. The number of anilines is 1. The number of hydrogen-bond donors (Lipinski definition) is 2. The molecule has 1 aliphatic carbocycles. The van der Waals surface area contributed by atoms with E-state index in [1.807, 2.05) is 12.3 Å². The molecule has 1 fully saturated rings. The number of imidazole rings is 1. The van der Waals surface area contributed by atoms with E-state index in [4.69, 9.17) is 16.0 Å². The molecule has 0 saturated heterocycles. The fourth-order valence-corrected chi connectivity index (χ4v) is 5.76. The highest BCUT2D eigenvalue weighted by atomic mass is 35.5. The van der Waals surface area contributed by atoms with Gasteiger partial charge in [0.25, 0.3) is 0 Å². The first-order valence-electron chi connectivity index (χ1n) is 10.8. The third kappa shape index (κ3) is 2.85. The third-order valence-corrected chi connectivity index (χ3v) is 7.16. The molecule has 2 aromatic heterocycles. The first-order chi connectivity index (χ1) is 14.6. The molecule has 4 heterocycles. The molecule has 0 atom stereocenters. The van der Waals surface area contributed by atoms with Crippen LogP contribution in [0.1, 0.15) is 49.3 Å². The van der Waals surface area contributed by atoms with Crippen molar-refractivity contribution in [1.82, 2.24) is 19.8 Å². The number of fused-ring (bicyclic) bond motifs is 5. The summed E-state index contributed by atoms with van der Waals surface area (Å²) >= 11 is 6.74. The number of nitrogens with one attached hydrogen (secondary N) is 2. The van der Waals surface area contributed by atoms with Gasteiger partial charge in [-0.3, -0.25) is 4.90 Å². The Labute approximate surface area is 180 Å². The van der Waals surface area contributed by atoms with Gasteiger partial charge in [0.1, 0.15) is 17.2 Å². The Morgan fingerprint density at radius 3 is 2.93 bits per heavy atom. The molecule has 3 aliphatic rings. The second kappa shape index (κ2) is 6.79. The van der Waals surface area contributed by atoms with Gasteiger partial charge in [0, 0.05) is 36.4 Å². The van der Waals surface area contributed by atoms with E-state index >= 15 is 0 Å². The molecule has 6 nitrogen and oxygen atoms in total. The maximum Gasteiger partial charge on any atom is 0.142 e. The molecular weight excluding hydrogens is 398 g/mol. The predicted molar refractivity (Wildman–Crippen MR) is 118 cm³/mol. The average Bonchev–Trinajstić information content (AvgIpc) is 3.34. The molecule has 2 aliphatic heterocycles. The lowest BCUT2D eigenvalue weighted by Crippen LogP contribution is -2.48. The van der Waals surface area contributed by atoms with E-state index in [1.54, 1.807) is 0 Å². The molecule has 0 unspecified atom stereocenters. The number of aromatic nitrogens is 2. The zero-order valence-corrected chi connectivity index (χ0v) is 17.8. The summed E-state index contributed by atoms with van der Waals surface area (Å²) in [6.07, 6.45) is 9.74. The number of furan rings is 1. The fourth-order valence-electron chi connectivity index (χ4n) is 5.50. The lowest BCUT2D eigenvalue weighted by molar-refractivity contribution is 0.195. The Morgan fingerprint density at radius 1 is 1.20 bits per heavy atom. The van der Waals surface area contributed by atoms with E-state index in [2.05, 4.69) is 43.9 Å². The summed E-state index contributed by atoms with van der Waals surface area (Å²) in [5, 5.41) is 8.84. The number of benzene rings is 1. The summed E-state index contributed by atoms with van der Waals surface area (Å²) in [6.45, 7) is 7.73. The summed E-state index contributed by atoms with van der Waals surface area (Å²) in [7, 11) is 0. The van der Waals surface area contributed by atoms with Gasteiger partial charge in [-0.1, -0.05) is 37.4 Å². The van der Waals surface area contributed by atoms with Gasteiger partial charge in [-0.2, -0.15) is 0 Å². The minimum Gasteiger partial charge on any atom is -0.459 e. The van der Waals surface area contributed by atoms with Crippen LogP contribution < -0.4 is 10.6 Å². The molecule has 6 rings (SSSR count). The molecule has 1 aromatic carbocycles. The number of halogens is 1. The highest BCUT2D eigenvalue weighted by molar-refractivity contribution is 6.34. The van der Waals surface area contributed by atoms with Crippen LogP contribution in [-0.4, -0.2) is 21.0 Å². The van der Waals surface area contributed by atoms with Gasteiger partial charge >= 0.3 is 0 Å². The Morgan fingerprint density at radius 2 is 2.07 bits per heavy atom. The van der Waals surface area contributed by atoms with E-state index in [1.165, 1.54) is 24.8 Å². The first kappa shape index (κ1) is 18.3. The summed E-state index contributed by atoms with van der Waals surface area (Å²) in [5.41, 5.74) is 2.94. The van der Waals surface area contributed by atoms with Gasteiger partial charge in [0.05, 0.1) is 35.2 Å². The second-order valence-electron chi connectivity index (χ2n) is 8.86. The van der Waals surface area contributed by atoms with Crippen molar-refractivity contribution in [3.05, 3.63) is 59.1 Å². The van der Waals surface area contributed by atoms with Gasteiger partial charge < -0.3 is 19.6 Å². The van der Waals surface area contributed by atoms with E-state index in [-0.39, 0.29) is 5.54 Å². The van der Waals surface area contributed by atoms with Gasteiger partial charge in [0.2, 0.25) is 0 Å². The minimum atomic E-state index is -0.149. The van der Waals surface area contributed by atoms with Crippen molar-refractivity contribution in [2.24, 2.45) is 0 Å². The van der Waals surface area contributed by atoms with Gasteiger partial charge in [-0.15, -0.1) is 0 Å². The third-order valence-electron chi connectivity index (χ3n) is 6.86. The smallest absolute Gasteiger partial charge is 0.142 e. The maximum absolute atomic E-state index is 6.74. The van der Waals surface area contributed by atoms with Crippen LogP contribution >= 0.6 is 11.6 Å². The lowest BCUT2D eigenvalue weighted by Gasteiger charge is -2.44. The largest absolute Gasteiger partial charge is 0.459 e. The SMILES string of the molecule is C=C1Nc2c(Cl)cc3cc(CN4CCn5ccnc5C4)oc3c2C2(CCCCC2)N1. The summed E-state index contributed by atoms with van der Waals surface area (Å²) in [4.78, 5) is 6.86. The van der Waals surface area contributed by atoms with Crippen LogP contribution in [0.15, 0.2) is 41.3 Å². The van der Waals surface area contributed by atoms with E-state index < -0.39 is 0 Å². The zero-order chi connectivity index (χ0) is 20.3. The van der Waals surface area contributed by atoms with Gasteiger partial charge in [-0.25, -0.2) is 4.98 Å². The van der Waals surface area contributed by atoms with Crippen LogP contribution in [0.4, 0.5) is 5.69 Å². The normalized spacial score (nSPS) is 20.6. The number of nitrogens with zero attached hydrogens (tertiary/aromatic N) is 3. The number of rotatable bonds is 2. The maximum atomic E-state index is 6.74. The van der Waals surface area contributed by atoms with Crippen LogP contribution in [0.3, 0.4) is 0 Å². The van der Waals surface area contributed by atoms with Crippen molar-refractivity contribution in [2.45, 2.75) is 57.3 Å². The Balaban J connectivity index is 1.40. The summed E-state index contributed by atoms with van der Waals surface area (Å²) in [6, 6.07) is 4.18. The van der Waals surface area contributed by atoms with E-state index in [0.29, 0.717) is 0 Å². The van der Waals surface area contributed by atoms with Crippen molar-refractivity contribution < 1.29 is 4.42 Å². The highest BCUT2D eigenvalue weighted by Gasteiger charge is 2.42. The van der Waals surface area contributed by atoms with Crippen LogP contribution in [-0.2, 0) is 25.2 Å². The standard InChI is InChI=1S/C23H26ClN5O/c1-15-26-21-18(24)12-16-11-17(13-28-9-10-29-8-7-25-19(29)14-28)30-22(16)20(21)23(27-15)5-3-2-4-6-23/h7-8,11-12,26-27H,1-6,9-10,13-14H2. The number of hydrogen-bond acceptors (Lipinski definition) is 5. The molecule has 0 bridgehead atoms. The van der Waals surface area contributed by atoms with E-state index in [9.17, 15) is 0 Å². The van der Waals surface area contributed by atoms with Gasteiger partial charge in [-0.05, 0) is 25.0 Å². The van der Waals surface area contributed by atoms with Gasteiger partial charge in [0.15, 0.2) is 0 Å². The van der Waals surface area contributed by atoms with Crippen molar-refractivity contribution >= 4 is 28.3 Å². The van der Waals surface area contributed by atoms with E-state index in [0.717, 1.165) is 78.1 Å². The zero-order valence-electron chi connectivity index (χ0n) is 17.0. The second-order valence-corrected chi connectivity index (χ2v) is 9.27. The molecule has 1 spiro atoms. The molecule has 3 aromatic rings. The van der Waals surface area contributed by atoms with Crippen molar-refractivity contribution in [1.29, 1.82) is 0 Å². The summed E-state index contributed by atoms with van der Waals surface area (Å²) in [5.74, 6) is 2.91. The van der Waals surface area contributed by atoms with Crippen molar-refractivity contribution in [3.8, 4) is 0 Å². The molecule has 7 heteroatoms. The highest BCUT2D eigenvalue weighted by Crippen LogP contribution is 2.49. The van der Waals surface area contributed by atoms with Crippen molar-refractivity contribution in [2.75, 3.05) is 11.9 Å². The average molecular weight is 424 g/mol. The predicted octanol–water partition coefficient (Wildman–Crippen LogP) is 4.94. The molecule has 30 heavy (non-hydrogen) atoms. The molecule has 0 amide bonds. The fraction of sp³-hybridized carbons (Fsp3) is 0.435. The lowest BCUT2D eigenvalue weighted by atomic mass is 9.74. The van der Waals surface area contributed by atoms with Crippen LogP contribution in [0.25, 0.3) is 11.0 Å². The molecule has 2 N–H and O–H groups in total. The topological polar surface area (TPSA) is 58.3 Å². The van der Waals surface area contributed by atoms with Crippen molar-refractivity contribution in [3.63, 3.8) is 0 Å². The minimum absolute atomic E-state index is 0.149. The molecule has 0 radical (unpaired) electrons. The van der Waals surface area contributed by atoms with Crippen LogP contribution in [0.2, 0.25) is 5.02 Å². The Bertz CT molecular complexity index is 1140. The summed E-state index contributed by atoms with van der Waals surface area (Å²) < 4.78 is 8.74. The molecule has 1 saturated carbocycles. The Hall–Kier alpha value is -2.44. The monoisotopic (exact) mass is 423 g/mol.